The minimum Gasteiger partial charge on any atom is -0.325 e. The van der Waals surface area contributed by atoms with Gasteiger partial charge in [0.25, 0.3) is 5.56 Å². The van der Waals surface area contributed by atoms with E-state index < -0.39 is 35.4 Å². The van der Waals surface area contributed by atoms with Gasteiger partial charge in [-0.05, 0) is 44.2 Å². The number of amides is 4. The van der Waals surface area contributed by atoms with E-state index in [0.29, 0.717) is 77.2 Å². The van der Waals surface area contributed by atoms with Gasteiger partial charge in [-0.25, -0.2) is 29.3 Å². The van der Waals surface area contributed by atoms with Crippen LogP contribution in [-0.2, 0) is 0 Å². The van der Waals surface area contributed by atoms with E-state index in [1.165, 1.54) is 28.7 Å². The molecule has 9 rings (SSSR count). The highest BCUT2D eigenvalue weighted by molar-refractivity contribution is 7.11. The maximum absolute atomic E-state index is 12.9. The number of carbonyl (C=O) groups is 2. The summed E-state index contributed by atoms with van der Waals surface area (Å²) in [4.78, 5) is 74.3. The Morgan fingerprint density at radius 2 is 1.33 bits per heavy atom. The summed E-state index contributed by atoms with van der Waals surface area (Å²) in [7, 11) is 0. The summed E-state index contributed by atoms with van der Waals surface area (Å²) in [5.41, 5.74) is 7.76. The average molecular weight is 829 g/mol. The minimum atomic E-state index is -0.864. The van der Waals surface area contributed by atoms with E-state index in [4.69, 9.17) is 19.9 Å². The van der Waals surface area contributed by atoms with Gasteiger partial charge in [0.2, 0.25) is 0 Å². The zero-order valence-electron chi connectivity index (χ0n) is 31.4. The monoisotopic (exact) mass is 828 g/mol. The summed E-state index contributed by atoms with van der Waals surface area (Å²) >= 11 is 2.73. The van der Waals surface area contributed by atoms with Crippen LogP contribution in [0.15, 0.2) is 105 Å². The van der Waals surface area contributed by atoms with Gasteiger partial charge in [-0.3, -0.25) is 14.8 Å². The lowest BCUT2D eigenvalue weighted by atomic mass is 9.95. The molecule has 60 heavy (non-hydrogen) atoms. The third kappa shape index (κ3) is 6.87. The Hall–Kier alpha value is -8.06. The van der Waals surface area contributed by atoms with Gasteiger partial charge in [0.15, 0.2) is 0 Å². The van der Waals surface area contributed by atoms with Crippen LogP contribution in [0.25, 0.3) is 55.8 Å². The maximum Gasteiger partial charge on any atom is 0.325 e. The lowest BCUT2D eigenvalue weighted by Crippen LogP contribution is -2.44. The Kier molecular flexibility index (Phi) is 9.40. The molecule has 0 fully saturated rings. The van der Waals surface area contributed by atoms with Gasteiger partial charge in [-0.2, -0.15) is 10.5 Å². The number of para-hydroxylation sites is 1. The molecular weight excluding hydrogens is 801 g/mol. The molecule has 6 heterocycles. The number of allylic oxidation sites excluding steroid dienone is 2. The fourth-order valence-electron chi connectivity index (χ4n) is 7.26. The van der Waals surface area contributed by atoms with Crippen LogP contribution >= 0.6 is 22.7 Å². The van der Waals surface area contributed by atoms with E-state index >= 15 is 0 Å². The van der Waals surface area contributed by atoms with E-state index in [2.05, 4.69) is 43.4 Å². The Bertz CT molecular complexity index is 3190. The third-order valence-electron chi connectivity index (χ3n) is 10.0. The second kappa shape index (κ2) is 15.0. The van der Waals surface area contributed by atoms with Crippen molar-refractivity contribution in [2.24, 2.45) is 0 Å². The molecule has 0 spiro atoms. The second-order valence-electron chi connectivity index (χ2n) is 13.8. The molecule has 4 aromatic heterocycles. The van der Waals surface area contributed by atoms with Crippen molar-refractivity contribution in [1.29, 1.82) is 10.5 Å². The van der Waals surface area contributed by atoms with E-state index in [-0.39, 0.29) is 5.69 Å². The smallest absolute Gasteiger partial charge is 0.325 e. The summed E-state index contributed by atoms with van der Waals surface area (Å²) in [6, 6.07) is 21.2. The number of thiazole rings is 2. The second-order valence-corrected chi connectivity index (χ2v) is 15.5. The highest BCUT2D eigenvalue weighted by Gasteiger charge is 2.33. The molecule has 0 bridgehead atoms. The Morgan fingerprint density at radius 3 is 2.00 bits per heavy atom. The first-order valence-corrected chi connectivity index (χ1v) is 20.0. The molecule has 2 atom stereocenters. The van der Waals surface area contributed by atoms with Crippen molar-refractivity contribution >= 4 is 56.9 Å². The first-order chi connectivity index (χ1) is 29.1. The minimum absolute atomic E-state index is 0.197. The molecule has 0 radical (unpaired) electrons. The van der Waals surface area contributed by atoms with Crippen LogP contribution < -0.4 is 32.5 Å². The molecule has 0 aliphatic carbocycles. The lowest BCUT2D eigenvalue weighted by molar-refractivity contribution is 0.239. The topological polar surface area (TPSA) is 247 Å². The van der Waals surface area contributed by atoms with Crippen molar-refractivity contribution < 1.29 is 9.59 Å². The van der Waals surface area contributed by atoms with Crippen LogP contribution in [0.4, 0.5) is 9.59 Å². The molecule has 0 saturated carbocycles. The van der Waals surface area contributed by atoms with Crippen molar-refractivity contribution in [1.82, 2.24) is 51.2 Å². The predicted octanol–water partition coefficient (Wildman–Crippen LogP) is 6.23. The first kappa shape index (κ1) is 37.5. The number of hydrogen-bond donors (Lipinski definition) is 6. The number of urea groups is 2. The number of H-pyrrole nitrogens is 2. The zero-order valence-corrected chi connectivity index (χ0v) is 33.0. The summed E-state index contributed by atoms with van der Waals surface area (Å²) < 4.78 is 0. The number of benzene rings is 3. The molecule has 4 amide bonds. The molecule has 6 N–H and O–H groups in total. The Balaban J connectivity index is 1.10. The molecule has 0 saturated heterocycles. The average Bonchev–Trinajstić information content (AvgIpc) is 3.93. The lowest BCUT2D eigenvalue weighted by Gasteiger charge is -2.27. The van der Waals surface area contributed by atoms with Crippen molar-refractivity contribution in [3.8, 4) is 45.8 Å². The number of aromatic amines is 2. The highest BCUT2D eigenvalue weighted by atomic mass is 32.1. The van der Waals surface area contributed by atoms with Gasteiger partial charge < -0.3 is 26.3 Å². The normalized spacial score (nSPS) is 16.4. The van der Waals surface area contributed by atoms with Gasteiger partial charge in [0.1, 0.15) is 22.1 Å². The third-order valence-corrected chi connectivity index (χ3v) is 11.8. The van der Waals surface area contributed by atoms with Gasteiger partial charge in [-0.15, -0.1) is 22.7 Å². The summed E-state index contributed by atoms with van der Waals surface area (Å²) in [5.74, 6) is 0. The molecule has 2 aliphatic rings. The van der Waals surface area contributed by atoms with Crippen LogP contribution in [-0.4, -0.2) is 42.0 Å². The van der Waals surface area contributed by atoms with E-state index in [0.717, 1.165) is 16.8 Å². The van der Waals surface area contributed by atoms with Crippen molar-refractivity contribution in [2.45, 2.75) is 25.9 Å². The Labute approximate surface area is 347 Å². The maximum atomic E-state index is 12.9. The van der Waals surface area contributed by atoms with Gasteiger partial charge in [0, 0.05) is 61.6 Å². The molecule has 3 aromatic carbocycles. The molecular formula is C42H28N12O4S2. The number of nitriles is 2. The molecule has 18 heteroatoms. The largest absolute Gasteiger partial charge is 0.325 e. The molecule has 7 aromatic rings. The highest BCUT2D eigenvalue weighted by Crippen LogP contribution is 2.40. The summed E-state index contributed by atoms with van der Waals surface area (Å²) in [5, 5.41) is 35.9. The molecule has 292 valence electrons. The zero-order chi connectivity index (χ0) is 41.7. The quantitative estimate of drug-likeness (QED) is 0.106. The fraction of sp³-hybridized carbons (Fsp3) is 0.0952. The molecule has 2 unspecified atom stereocenters. The van der Waals surface area contributed by atoms with E-state index in [1.54, 1.807) is 44.3 Å². The van der Waals surface area contributed by atoms with Gasteiger partial charge in [0.05, 0.1) is 63.3 Å². The SMILES string of the molecule is CC1=C(c2nc(-c3ccc(C#N)cc3)cs2)C(c2cnc3cccc(-c4cc(-c5csc(C6=C(C)NC(=O)NC6c6cc(=O)[nH]c(=O)[nH]6)n5)ccc4C#N)c3n2)NC(=O)N1. The van der Waals surface area contributed by atoms with Gasteiger partial charge >= 0.3 is 17.8 Å². The van der Waals surface area contributed by atoms with E-state index in [1.807, 2.05) is 47.2 Å². The number of nitrogens with zero attached hydrogens (tertiary/aromatic N) is 6. The van der Waals surface area contributed by atoms with Crippen LogP contribution in [0.5, 0.6) is 0 Å². The number of rotatable bonds is 7. The van der Waals surface area contributed by atoms with Gasteiger partial charge in [-0.1, -0.05) is 30.3 Å². The molecule has 2 aliphatic heterocycles. The van der Waals surface area contributed by atoms with E-state index in [9.17, 15) is 29.7 Å². The summed E-state index contributed by atoms with van der Waals surface area (Å²) in [6.45, 7) is 3.52. The predicted molar refractivity (Wildman–Crippen MR) is 225 cm³/mol. The molecule has 16 nitrogen and oxygen atoms in total. The van der Waals surface area contributed by atoms with Crippen molar-refractivity contribution in [3.05, 3.63) is 148 Å². The van der Waals surface area contributed by atoms with Crippen LogP contribution in [0.1, 0.15) is 58.5 Å². The van der Waals surface area contributed by atoms with Crippen molar-refractivity contribution in [3.63, 3.8) is 0 Å². The standard InChI is InChI=1S/C42H28N12O4S2/c1-19-33(36(53-40(56)46-19)28-13-32(55)52-42(58)51-28)38-50-31(18-60-38)23-10-11-24(15-44)26(12-23)25-4-3-5-27-35(25)48-29(16-45-27)37-34(20(2)47-41(57)54-37)39-49-30(17-59-39)22-8-6-21(14-43)7-9-22/h3-13,16-18,36-37H,1-2H3,(H2,46,53,56)(H2,47,54,57)(H2,51,52,55,58). The fourth-order valence-corrected chi connectivity index (χ4v) is 9.18. The number of aromatic nitrogens is 6. The first-order valence-electron chi connectivity index (χ1n) is 18.2. The number of hydrogen-bond acceptors (Lipinski definition) is 12. The van der Waals surface area contributed by atoms with Crippen molar-refractivity contribution in [2.75, 3.05) is 0 Å². The van der Waals surface area contributed by atoms with Crippen LogP contribution in [0.2, 0.25) is 0 Å². The number of nitrogens with one attached hydrogen (secondary N) is 6. The van der Waals surface area contributed by atoms with Crippen LogP contribution in [0, 0.1) is 22.7 Å². The number of fused-ring (bicyclic) bond motifs is 1. The van der Waals surface area contributed by atoms with Crippen LogP contribution in [0.3, 0.4) is 0 Å². The Morgan fingerprint density at radius 1 is 0.683 bits per heavy atom. The number of carbonyl (C=O) groups excluding carboxylic acids is 2. The summed E-state index contributed by atoms with van der Waals surface area (Å²) in [6.07, 6.45) is 1.62.